The Hall–Kier alpha value is -1.27. The molecule has 0 radical (unpaired) electrons. The van der Waals surface area contributed by atoms with Gasteiger partial charge >= 0.3 is 0 Å². The molecule has 6 heteroatoms. The van der Waals surface area contributed by atoms with Gasteiger partial charge in [0, 0.05) is 23.1 Å². The largest absolute Gasteiger partial charge is 0.409 e. The molecule has 0 unspecified atom stereocenters. The lowest BCUT2D eigenvalue weighted by Gasteiger charge is -2.37. The molecular weight excluding hydrogens is 310 g/mol. The van der Waals surface area contributed by atoms with E-state index in [0.717, 1.165) is 36.1 Å². The van der Waals surface area contributed by atoms with E-state index in [1.165, 1.54) is 0 Å². The van der Waals surface area contributed by atoms with Crippen molar-refractivity contribution in [1.82, 2.24) is 0 Å². The highest BCUT2D eigenvalue weighted by Crippen LogP contribution is 2.31. The number of nitrogens with zero attached hydrogens (tertiary/aromatic N) is 2. The fourth-order valence-electron chi connectivity index (χ4n) is 2.21. The van der Waals surface area contributed by atoms with Crippen LogP contribution in [0.25, 0.3) is 0 Å². The minimum Gasteiger partial charge on any atom is -0.409 e. The summed E-state index contributed by atoms with van der Waals surface area (Å²) in [6.07, 6.45) is 1.50. The van der Waals surface area contributed by atoms with Crippen molar-refractivity contribution in [1.29, 1.82) is 0 Å². The molecular formula is C13H18BrN3O2. The zero-order chi connectivity index (χ0) is 14.0. The Bertz CT molecular complexity index is 493. The van der Waals surface area contributed by atoms with E-state index in [1.807, 2.05) is 25.1 Å². The van der Waals surface area contributed by atoms with Gasteiger partial charge in [-0.3, -0.25) is 0 Å². The fraction of sp³-hybridized carbons (Fsp3) is 0.462. The molecule has 0 amide bonds. The molecule has 1 aliphatic heterocycles. The molecule has 1 aromatic carbocycles. The van der Waals surface area contributed by atoms with Crippen LogP contribution in [0, 0.1) is 0 Å². The second-order valence-corrected chi connectivity index (χ2v) is 5.99. The van der Waals surface area contributed by atoms with Crippen LogP contribution in [0.4, 0.5) is 5.69 Å². The van der Waals surface area contributed by atoms with Crippen molar-refractivity contribution in [2.45, 2.75) is 25.4 Å². The maximum Gasteiger partial charge on any atom is 0.170 e. The van der Waals surface area contributed by atoms with Crippen molar-refractivity contribution in [2.24, 2.45) is 10.9 Å². The third-order valence-corrected chi connectivity index (χ3v) is 4.17. The Labute approximate surface area is 120 Å². The molecule has 1 heterocycles. The summed E-state index contributed by atoms with van der Waals surface area (Å²) in [5, 5.41) is 21.6. The normalized spacial score (nSPS) is 19.5. The molecule has 0 aliphatic carbocycles. The SMILES string of the molecule is CC1(O)CCN(c2ccc(/C(N)=N/O)cc2Br)CC1. The number of piperidine rings is 1. The van der Waals surface area contributed by atoms with Crippen molar-refractivity contribution in [3.63, 3.8) is 0 Å². The van der Waals surface area contributed by atoms with Crippen LogP contribution < -0.4 is 10.6 Å². The highest BCUT2D eigenvalue weighted by Gasteiger charge is 2.28. The molecule has 19 heavy (non-hydrogen) atoms. The van der Waals surface area contributed by atoms with Gasteiger partial charge in [-0.2, -0.15) is 0 Å². The molecule has 2 rings (SSSR count). The molecule has 0 saturated carbocycles. The average Bonchev–Trinajstić information content (AvgIpc) is 2.38. The Morgan fingerprint density at radius 2 is 2.05 bits per heavy atom. The number of nitrogens with two attached hydrogens (primary N) is 1. The van der Waals surface area contributed by atoms with Crippen LogP contribution in [0.15, 0.2) is 27.8 Å². The van der Waals surface area contributed by atoms with Crippen molar-refractivity contribution < 1.29 is 10.3 Å². The van der Waals surface area contributed by atoms with Gasteiger partial charge in [0.05, 0.1) is 11.3 Å². The van der Waals surface area contributed by atoms with Crippen LogP contribution in [-0.4, -0.2) is 34.8 Å². The molecule has 0 aromatic heterocycles. The summed E-state index contributed by atoms with van der Waals surface area (Å²) in [6.45, 7) is 3.50. The predicted molar refractivity (Wildman–Crippen MR) is 78.7 cm³/mol. The standard InChI is InChI=1S/C13H18BrN3O2/c1-13(18)4-6-17(7-5-13)11-3-2-9(8-10(11)14)12(15)16-19/h2-3,8,18-19H,4-7H2,1H3,(H2,15,16). The molecule has 0 bridgehead atoms. The van der Waals surface area contributed by atoms with Crippen molar-refractivity contribution in [2.75, 3.05) is 18.0 Å². The second-order valence-electron chi connectivity index (χ2n) is 5.14. The lowest BCUT2D eigenvalue weighted by Crippen LogP contribution is -2.42. The lowest BCUT2D eigenvalue weighted by molar-refractivity contribution is 0.0351. The van der Waals surface area contributed by atoms with Gasteiger partial charge in [0.1, 0.15) is 0 Å². The Kier molecular flexibility index (Phi) is 4.01. The number of hydrogen-bond donors (Lipinski definition) is 3. The van der Waals surface area contributed by atoms with E-state index in [9.17, 15) is 5.11 Å². The first-order valence-electron chi connectivity index (χ1n) is 6.18. The number of anilines is 1. The van der Waals surface area contributed by atoms with Crippen LogP contribution >= 0.6 is 15.9 Å². The van der Waals surface area contributed by atoms with E-state index < -0.39 is 5.60 Å². The third kappa shape index (κ3) is 3.19. The van der Waals surface area contributed by atoms with E-state index in [2.05, 4.69) is 26.0 Å². The van der Waals surface area contributed by atoms with Crippen LogP contribution in [0.5, 0.6) is 0 Å². The second kappa shape index (κ2) is 5.38. The average molecular weight is 328 g/mol. The number of halogens is 1. The fourth-order valence-corrected chi connectivity index (χ4v) is 2.84. The summed E-state index contributed by atoms with van der Waals surface area (Å²) in [6, 6.07) is 5.59. The number of amidine groups is 1. The van der Waals surface area contributed by atoms with Gasteiger partial charge < -0.3 is 20.9 Å². The van der Waals surface area contributed by atoms with Gasteiger partial charge in [-0.15, -0.1) is 0 Å². The monoisotopic (exact) mass is 327 g/mol. The number of aliphatic hydroxyl groups is 1. The Balaban J connectivity index is 2.18. The van der Waals surface area contributed by atoms with Gasteiger partial charge in [-0.1, -0.05) is 5.16 Å². The first-order chi connectivity index (χ1) is 8.93. The summed E-state index contributed by atoms with van der Waals surface area (Å²) >= 11 is 3.51. The molecule has 0 atom stereocenters. The minimum absolute atomic E-state index is 0.0915. The number of benzene rings is 1. The third-order valence-electron chi connectivity index (χ3n) is 3.53. The van der Waals surface area contributed by atoms with Gasteiger partial charge in [0.25, 0.3) is 0 Å². The Morgan fingerprint density at radius 1 is 1.42 bits per heavy atom. The minimum atomic E-state index is -0.559. The smallest absolute Gasteiger partial charge is 0.170 e. The summed E-state index contributed by atoms with van der Waals surface area (Å²) in [4.78, 5) is 2.22. The van der Waals surface area contributed by atoms with Crippen LogP contribution in [0.2, 0.25) is 0 Å². The predicted octanol–water partition coefficient (Wildman–Crippen LogP) is 1.89. The highest BCUT2D eigenvalue weighted by atomic mass is 79.9. The lowest BCUT2D eigenvalue weighted by atomic mass is 9.93. The van der Waals surface area contributed by atoms with E-state index in [-0.39, 0.29) is 5.84 Å². The van der Waals surface area contributed by atoms with Gasteiger partial charge in [0.15, 0.2) is 5.84 Å². The van der Waals surface area contributed by atoms with Crippen molar-refractivity contribution in [3.8, 4) is 0 Å². The zero-order valence-corrected chi connectivity index (χ0v) is 12.4. The van der Waals surface area contributed by atoms with Crippen LogP contribution in [0.3, 0.4) is 0 Å². The van der Waals surface area contributed by atoms with Crippen LogP contribution in [-0.2, 0) is 0 Å². The molecule has 5 nitrogen and oxygen atoms in total. The van der Waals surface area contributed by atoms with E-state index >= 15 is 0 Å². The molecule has 104 valence electrons. The molecule has 1 aromatic rings. The zero-order valence-electron chi connectivity index (χ0n) is 10.8. The first-order valence-corrected chi connectivity index (χ1v) is 6.97. The molecule has 4 N–H and O–H groups in total. The number of oxime groups is 1. The molecule has 1 fully saturated rings. The van der Waals surface area contributed by atoms with Crippen molar-refractivity contribution in [3.05, 3.63) is 28.2 Å². The summed E-state index contributed by atoms with van der Waals surface area (Å²) in [5.74, 6) is 0.0915. The van der Waals surface area contributed by atoms with Gasteiger partial charge in [0.2, 0.25) is 0 Å². The summed E-state index contributed by atoms with van der Waals surface area (Å²) < 4.78 is 0.901. The number of rotatable bonds is 2. The van der Waals surface area contributed by atoms with Gasteiger partial charge in [-0.05, 0) is 53.9 Å². The van der Waals surface area contributed by atoms with E-state index in [4.69, 9.17) is 10.9 Å². The highest BCUT2D eigenvalue weighted by molar-refractivity contribution is 9.10. The maximum absolute atomic E-state index is 9.96. The topological polar surface area (TPSA) is 82.1 Å². The molecule has 0 spiro atoms. The van der Waals surface area contributed by atoms with E-state index in [1.54, 1.807) is 0 Å². The first kappa shape index (κ1) is 14.1. The quantitative estimate of drug-likeness (QED) is 0.335. The summed E-state index contributed by atoms with van der Waals surface area (Å²) in [5.41, 5.74) is 6.73. The van der Waals surface area contributed by atoms with E-state index in [0.29, 0.717) is 5.56 Å². The summed E-state index contributed by atoms with van der Waals surface area (Å²) in [7, 11) is 0. The molecule has 1 saturated heterocycles. The maximum atomic E-state index is 9.96. The van der Waals surface area contributed by atoms with Crippen molar-refractivity contribution >= 4 is 27.5 Å². The number of hydrogen-bond acceptors (Lipinski definition) is 4. The Morgan fingerprint density at radius 3 is 2.58 bits per heavy atom. The molecule has 1 aliphatic rings. The van der Waals surface area contributed by atoms with Gasteiger partial charge in [-0.25, -0.2) is 0 Å². The van der Waals surface area contributed by atoms with Crippen LogP contribution in [0.1, 0.15) is 25.3 Å².